The number of nitrogens with one attached hydrogen (secondary N) is 1. The lowest BCUT2D eigenvalue weighted by Gasteiger charge is -2.06. The first-order valence-electron chi connectivity index (χ1n) is 5.54. The van der Waals surface area contributed by atoms with E-state index in [2.05, 4.69) is 34.9 Å². The zero-order valence-electron chi connectivity index (χ0n) is 9.03. The number of aryl methyl sites for hydroxylation is 1. The number of imidazole rings is 1. The van der Waals surface area contributed by atoms with Gasteiger partial charge in [-0.3, -0.25) is 0 Å². The second-order valence-electron chi connectivity index (χ2n) is 4.24. The van der Waals surface area contributed by atoms with E-state index in [1.54, 1.807) is 0 Å². The van der Waals surface area contributed by atoms with E-state index in [1.807, 2.05) is 6.20 Å². The van der Waals surface area contributed by atoms with Crippen LogP contribution in [0.5, 0.6) is 0 Å². The Kier molecular flexibility index (Phi) is 2.87. The molecule has 0 aliphatic heterocycles. The molecule has 0 amide bonds. The molecule has 1 aliphatic rings. The molecule has 1 heterocycles. The molecule has 3 heteroatoms. The van der Waals surface area contributed by atoms with E-state index in [0.29, 0.717) is 0 Å². The topological polar surface area (TPSA) is 29.9 Å². The van der Waals surface area contributed by atoms with Crippen molar-refractivity contribution in [2.45, 2.75) is 45.8 Å². The normalized spacial score (nSPS) is 25.3. The van der Waals surface area contributed by atoms with Crippen LogP contribution in [0.4, 0.5) is 0 Å². The number of rotatable bonds is 5. The summed E-state index contributed by atoms with van der Waals surface area (Å²) in [5.74, 6) is 2.04. The highest BCUT2D eigenvalue weighted by atomic mass is 15.1. The smallest absolute Gasteiger partial charge is 0.122 e. The molecule has 2 rings (SSSR count). The molecule has 1 saturated carbocycles. The lowest BCUT2D eigenvalue weighted by Crippen LogP contribution is -2.20. The van der Waals surface area contributed by atoms with E-state index in [1.165, 1.54) is 18.7 Å². The molecule has 2 unspecified atom stereocenters. The minimum Gasteiger partial charge on any atom is -0.334 e. The fourth-order valence-corrected chi connectivity index (χ4v) is 1.78. The van der Waals surface area contributed by atoms with Crippen LogP contribution >= 0.6 is 0 Å². The third-order valence-corrected chi connectivity index (χ3v) is 2.90. The summed E-state index contributed by atoms with van der Waals surface area (Å²) in [5, 5.41) is 3.52. The van der Waals surface area contributed by atoms with Crippen LogP contribution in [-0.4, -0.2) is 15.6 Å². The molecule has 0 radical (unpaired) electrons. The molecule has 0 saturated heterocycles. The van der Waals surface area contributed by atoms with E-state index in [9.17, 15) is 0 Å². The molecular weight excluding hydrogens is 174 g/mol. The van der Waals surface area contributed by atoms with Gasteiger partial charge in [-0.25, -0.2) is 4.98 Å². The summed E-state index contributed by atoms with van der Waals surface area (Å²) in [6.07, 6.45) is 6.46. The number of hydrogen-bond donors (Lipinski definition) is 1. The second kappa shape index (κ2) is 4.13. The van der Waals surface area contributed by atoms with Crippen LogP contribution in [0.2, 0.25) is 0 Å². The Morgan fingerprint density at radius 1 is 1.64 bits per heavy atom. The van der Waals surface area contributed by atoms with Gasteiger partial charge in [-0.1, -0.05) is 13.8 Å². The molecule has 14 heavy (non-hydrogen) atoms. The fraction of sp³-hybridized carbons (Fsp3) is 0.727. The molecule has 0 spiro atoms. The quantitative estimate of drug-likeness (QED) is 0.772. The third-order valence-electron chi connectivity index (χ3n) is 2.90. The van der Waals surface area contributed by atoms with Crippen LogP contribution in [0.3, 0.4) is 0 Å². The van der Waals surface area contributed by atoms with Gasteiger partial charge in [0.15, 0.2) is 0 Å². The third kappa shape index (κ3) is 2.15. The average Bonchev–Trinajstić information content (AvgIpc) is 2.70. The van der Waals surface area contributed by atoms with E-state index in [4.69, 9.17) is 0 Å². The van der Waals surface area contributed by atoms with Crippen molar-refractivity contribution >= 4 is 0 Å². The Morgan fingerprint density at radius 3 is 3.07 bits per heavy atom. The van der Waals surface area contributed by atoms with Gasteiger partial charge < -0.3 is 9.88 Å². The highest BCUT2D eigenvalue weighted by Crippen LogP contribution is 2.29. The van der Waals surface area contributed by atoms with Gasteiger partial charge in [0.1, 0.15) is 5.82 Å². The predicted octanol–water partition coefficient (Wildman–Crippen LogP) is 1.79. The Bertz CT molecular complexity index is 292. The van der Waals surface area contributed by atoms with Crippen LogP contribution in [0.25, 0.3) is 0 Å². The van der Waals surface area contributed by atoms with Gasteiger partial charge in [0.2, 0.25) is 0 Å². The molecule has 1 aromatic rings. The summed E-state index contributed by atoms with van der Waals surface area (Å²) in [4.78, 5) is 4.36. The van der Waals surface area contributed by atoms with Crippen molar-refractivity contribution in [2.24, 2.45) is 5.92 Å². The maximum Gasteiger partial charge on any atom is 0.122 e. The van der Waals surface area contributed by atoms with Gasteiger partial charge >= 0.3 is 0 Å². The first-order chi connectivity index (χ1) is 6.81. The number of nitrogens with zero attached hydrogens (tertiary/aromatic N) is 2. The Balaban J connectivity index is 1.85. The maximum absolute atomic E-state index is 4.36. The summed E-state index contributed by atoms with van der Waals surface area (Å²) in [6, 6.07) is 0.738. The van der Waals surface area contributed by atoms with Gasteiger partial charge in [-0.05, 0) is 18.8 Å². The van der Waals surface area contributed by atoms with Crippen molar-refractivity contribution in [3.05, 3.63) is 18.2 Å². The number of hydrogen-bond acceptors (Lipinski definition) is 2. The molecular formula is C11H19N3. The highest BCUT2D eigenvalue weighted by Gasteiger charge is 2.31. The van der Waals surface area contributed by atoms with E-state index in [0.717, 1.165) is 25.0 Å². The van der Waals surface area contributed by atoms with Gasteiger partial charge in [0, 0.05) is 25.0 Å². The summed E-state index contributed by atoms with van der Waals surface area (Å²) in [5.41, 5.74) is 0. The first kappa shape index (κ1) is 9.71. The number of aromatic nitrogens is 2. The van der Waals surface area contributed by atoms with Crippen LogP contribution < -0.4 is 5.32 Å². The lowest BCUT2D eigenvalue weighted by molar-refractivity contribution is 0.575. The largest absolute Gasteiger partial charge is 0.334 e. The SMILES string of the molecule is CCCn1ccnc1CNC1CC1C. The molecule has 3 nitrogen and oxygen atoms in total. The van der Waals surface area contributed by atoms with Gasteiger partial charge in [0.05, 0.1) is 6.54 Å². The highest BCUT2D eigenvalue weighted by molar-refractivity contribution is 4.96. The molecule has 1 aliphatic carbocycles. The van der Waals surface area contributed by atoms with Gasteiger partial charge in [-0.2, -0.15) is 0 Å². The Hall–Kier alpha value is -0.830. The predicted molar refractivity (Wildman–Crippen MR) is 56.9 cm³/mol. The van der Waals surface area contributed by atoms with Crippen LogP contribution in [0.15, 0.2) is 12.4 Å². The van der Waals surface area contributed by atoms with Crippen LogP contribution in [-0.2, 0) is 13.1 Å². The second-order valence-corrected chi connectivity index (χ2v) is 4.24. The van der Waals surface area contributed by atoms with E-state index < -0.39 is 0 Å². The zero-order valence-corrected chi connectivity index (χ0v) is 9.03. The summed E-state index contributed by atoms with van der Waals surface area (Å²) < 4.78 is 2.24. The minimum absolute atomic E-state index is 0.738. The van der Waals surface area contributed by atoms with Crippen molar-refractivity contribution in [3.63, 3.8) is 0 Å². The van der Waals surface area contributed by atoms with E-state index in [-0.39, 0.29) is 0 Å². The van der Waals surface area contributed by atoms with Crippen molar-refractivity contribution in [1.29, 1.82) is 0 Å². The Labute approximate surface area is 85.5 Å². The summed E-state index contributed by atoms with van der Waals surface area (Å²) in [7, 11) is 0. The standard InChI is InChI=1S/C11H19N3/c1-3-5-14-6-4-12-11(14)8-13-10-7-9(10)2/h4,6,9-10,13H,3,5,7-8H2,1-2H3. The summed E-state index contributed by atoms with van der Waals surface area (Å²) in [6.45, 7) is 6.48. The molecule has 1 N–H and O–H groups in total. The van der Waals surface area contributed by atoms with Gasteiger partial charge in [0.25, 0.3) is 0 Å². The minimum atomic E-state index is 0.738. The molecule has 0 bridgehead atoms. The van der Waals surface area contributed by atoms with E-state index >= 15 is 0 Å². The van der Waals surface area contributed by atoms with Crippen LogP contribution in [0.1, 0.15) is 32.5 Å². The molecule has 78 valence electrons. The molecule has 2 atom stereocenters. The average molecular weight is 193 g/mol. The molecule has 0 aromatic carbocycles. The van der Waals surface area contributed by atoms with Crippen molar-refractivity contribution < 1.29 is 0 Å². The molecule has 1 fully saturated rings. The fourth-order valence-electron chi connectivity index (χ4n) is 1.78. The zero-order chi connectivity index (χ0) is 9.97. The van der Waals surface area contributed by atoms with Gasteiger partial charge in [-0.15, -0.1) is 0 Å². The van der Waals surface area contributed by atoms with Crippen molar-refractivity contribution in [3.8, 4) is 0 Å². The van der Waals surface area contributed by atoms with Crippen LogP contribution in [0, 0.1) is 5.92 Å². The van der Waals surface area contributed by atoms with Crippen molar-refractivity contribution in [1.82, 2.24) is 14.9 Å². The monoisotopic (exact) mass is 193 g/mol. The first-order valence-corrected chi connectivity index (χ1v) is 5.54. The molecule has 1 aromatic heterocycles. The summed E-state index contributed by atoms with van der Waals surface area (Å²) >= 11 is 0. The van der Waals surface area contributed by atoms with Crippen molar-refractivity contribution in [2.75, 3.05) is 0 Å². The Morgan fingerprint density at radius 2 is 2.43 bits per heavy atom. The lowest BCUT2D eigenvalue weighted by atomic mass is 10.4. The maximum atomic E-state index is 4.36.